The maximum atomic E-state index is 6.46. The van der Waals surface area contributed by atoms with Crippen LogP contribution in [0.3, 0.4) is 0 Å². The zero-order valence-electron chi connectivity index (χ0n) is 15.3. The van der Waals surface area contributed by atoms with Gasteiger partial charge in [-0.1, -0.05) is 40.9 Å². The molecule has 2 aromatic carbocycles. The highest BCUT2D eigenvalue weighted by molar-refractivity contribution is 6.36. The first-order valence-electron chi connectivity index (χ1n) is 8.82. The van der Waals surface area contributed by atoms with E-state index in [0.29, 0.717) is 51.8 Å². The standard InChI is InChI=1S/C21H20Cl3NO3/c1-2-26-20-9-14(11-25-12-15-5-4-8-27-15)19(24)10-21(20)28-13-16-17(22)6-3-7-18(16)23/h3-10,25H,2,11-13H2,1H3. The SMILES string of the molecule is CCOc1cc(CNCc2ccco2)c(Cl)cc1OCc1c(Cl)cccc1Cl. The van der Waals surface area contributed by atoms with E-state index < -0.39 is 0 Å². The summed E-state index contributed by atoms with van der Waals surface area (Å²) in [7, 11) is 0. The van der Waals surface area contributed by atoms with Gasteiger partial charge >= 0.3 is 0 Å². The maximum Gasteiger partial charge on any atom is 0.163 e. The highest BCUT2D eigenvalue weighted by Crippen LogP contribution is 2.35. The van der Waals surface area contributed by atoms with Crippen molar-refractivity contribution in [1.29, 1.82) is 0 Å². The zero-order chi connectivity index (χ0) is 19.9. The van der Waals surface area contributed by atoms with Crippen molar-refractivity contribution in [3.63, 3.8) is 0 Å². The fourth-order valence-corrected chi connectivity index (χ4v) is 3.37. The molecule has 1 N–H and O–H groups in total. The summed E-state index contributed by atoms with van der Waals surface area (Å²) in [6.45, 7) is 3.81. The minimum atomic E-state index is 0.213. The van der Waals surface area contributed by atoms with Crippen LogP contribution in [0.4, 0.5) is 0 Å². The van der Waals surface area contributed by atoms with Gasteiger partial charge in [0.25, 0.3) is 0 Å². The lowest BCUT2D eigenvalue weighted by Crippen LogP contribution is -2.13. The van der Waals surface area contributed by atoms with Crippen molar-refractivity contribution >= 4 is 34.8 Å². The molecule has 3 aromatic rings. The van der Waals surface area contributed by atoms with Crippen molar-refractivity contribution in [2.24, 2.45) is 0 Å². The molecule has 0 aliphatic heterocycles. The lowest BCUT2D eigenvalue weighted by Gasteiger charge is -2.16. The summed E-state index contributed by atoms with van der Waals surface area (Å²) in [5.41, 5.74) is 1.62. The first kappa shape index (κ1) is 20.9. The van der Waals surface area contributed by atoms with Gasteiger partial charge in [0, 0.05) is 33.2 Å². The number of hydrogen-bond acceptors (Lipinski definition) is 4. The van der Waals surface area contributed by atoms with E-state index in [1.165, 1.54) is 0 Å². The fraction of sp³-hybridized carbons (Fsp3) is 0.238. The number of rotatable bonds is 9. The quantitative estimate of drug-likeness (QED) is 0.412. The predicted molar refractivity (Wildman–Crippen MR) is 113 cm³/mol. The molecule has 4 nitrogen and oxygen atoms in total. The van der Waals surface area contributed by atoms with E-state index in [2.05, 4.69) is 5.32 Å². The number of furan rings is 1. The Kier molecular flexibility index (Phi) is 7.51. The van der Waals surface area contributed by atoms with Crippen molar-refractivity contribution in [1.82, 2.24) is 5.32 Å². The monoisotopic (exact) mass is 439 g/mol. The van der Waals surface area contributed by atoms with Gasteiger partial charge in [0.1, 0.15) is 12.4 Å². The largest absolute Gasteiger partial charge is 0.490 e. The van der Waals surface area contributed by atoms with Crippen LogP contribution in [0.2, 0.25) is 15.1 Å². The number of ether oxygens (including phenoxy) is 2. The number of hydrogen-bond donors (Lipinski definition) is 1. The predicted octanol–water partition coefficient (Wildman–Crippen LogP) is 6.51. The third-order valence-corrected chi connectivity index (χ3v) is 5.10. The smallest absolute Gasteiger partial charge is 0.163 e. The van der Waals surface area contributed by atoms with Crippen LogP contribution in [0, 0.1) is 0 Å². The minimum Gasteiger partial charge on any atom is -0.490 e. The van der Waals surface area contributed by atoms with Crippen molar-refractivity contribution < 1.29 is 13.9 Å². The molecule has 28 heavy (non-hydrogen) atoms. The Morgan fingerprint density at radius 1 is 0.893 bits per heavy atom. The van der Waals surface area contributed by atoms with Crippen molar-refractivity contribution in [3.8, 4) is 11.5 Å². The van der Waals surface area contributed by atoms with Gasteiger partial charge in [-0.05, 0) is 42.8 Å². The molecule has 0 amide bonds. The summed E-state index contributed by atoms with van der Waals surface area (Å²) in [4.78, 5) is 0. The average Bonchev–Trinajstić information content (AvgIpc) is 3.18. The van der Waals surface area contributed by atoms with Gasteiger partial charge in [-0.25, -0.2) is 0 Å². The van der Waals surface area contributed by atoms with Crippen LogP contribution in [0.1, 0.15) is 23.8 Å². The first-order valence-corrected chi connectivity index (χ1v) is 9.96. The Hall–Kier alpha value is -1.85. The third-order valence-electron chi connectivity index (χ3n) is 4.04. The minimum absolute atomic E-state index is 0.213. The Balaban J connectivity index is 1.72. The van der Waals surface area contributed by atoms with Crippen LogP contribution in [0.5, 0.6) is 11.5 Å². The van der Waals surface area contributed by atoms with Crippen LogP contribution < -0.4 is 14.8 Å². The van der Waals surface area contributed by atoms with Crippen LogP contribution >= 0.6 is 34.8 Å². The van der Waals surface area contributed by atoms with Gasteiger partial charge in [-0.2, -0.15) is 0 Å². The molecule has 0 aliphatic carbocycles. The molecule has 0 saturated heterocycles. The van der Waals surface area contributed by atoms with Crippen LogP contribution in [0.25, 0.3) is 0 Å². The third kappa shape index (κ3) is 5.36. The molecular weight excluding hydrogens is 421 g/mol. The normalized spacial score (nSPS) is 10.9. The Morgan fingerprint density at radius 2 is 1.64 bits per heavy atom. The highest BCUT2D eigenvalue weighted by atomic mass is 35.5. The lowest BCUT2D eigenvalue weighted by molar-refractivity contribution is 0.269. The van der Waals surface area contributed by atoms with E-state index in [1.54, 1.807) is 30.5 Å². The Morgan fingerprint density at radius 3 is 2.32 bits per heavy atom. The second kappa shape index (κ2) is 10.1. The number of nitrogens with one attached hydrogen (secondary N) is 1. The molecule has 7 heteroatoms. The van der Waals surface area contributed by atoms with E-state index in [4.69, 9.17) is 48.7 Å². The van der Waals surface area contributed by atoms with Crippen molar-refractivity contribution in [2.45, 2.75) is 26.6 Å². The van der Waals surface area contributed by atoms with Crippen molar-refractivity contribution in [2.75, 3.05) is 6.61 Å². The van der Waals surface area contributed by atoms with Gasteiger partial charge in [0.15, 0.2) is 11.5 Å². The molecule has 0 atom stereocenters. The second-order valence-corrected chi connectivity index (χ2v) is 7.22. The Labute approximate surface area is 179 Å². The molecule has 0 aliphatic rings. The van der Waals surface area contributed by atoms with Gasteiger partial charge in [-0.15, -0.1) is 0 Å². The molecule has 1 aromatic heterocycles. The second-order valence-electron chi connectivity index (χ2n) is 6.00. The topological polar surface area (TPSA) is 43.6 Å². The van der Waals surface area contributed by atoms with Crippen LogP contribution in [0.15, 0.2) is 53.1 Å². The number of halogens is 3. The van der Waals surface area contributed by atoms with E-state index in [-0.39, 0.29) is 6.61 Å². The van der Waals surface area contributed by atoms with E-state index in [9.17, 15) is 0 Å². The van der Waals surface area contributed by atoms with E-state index >= 15 is 0 Å². The molecule has 0 fully saturated rings. The molecule has 3 rings (SSSR count). The molecule has 0 saturated carbocycles. The summed E-state index contributed by atoms with van der Waals surface area (Å²) in [6.07, 6.45) is 1.65. The summed E-state index contributed by atoms with van der Waals surface area (Å²) >= 11 is 18.9. The van der Waals surface area contributed by atoms with E-state index in [1.807, 2.05) is 25.1 Å². The molecule has 148 valence electrons. The fourth-order valence-electron chi connectivity index (χ4n) is 2.65. The highest BCUT2D eigenvalue weighted by Gasteiger charge is 2.13. The van der Waals surface area contributed by atoms with Crippen LogP contribution in [-0.4, -0.2) is 6.61 Å². The maximum absolute atomic E-state index is 6.46. The number of benzene rings is 2. The summed E-state index contributed by atoms with van der Waals surface area (Å²) in [5, 5.41) is 4.98. The van der Waals surface area contributed by atoms with Gasteiger partial charge in [0.05, 0.1) is 19.4 Å². The lowest BCUT2D eigenvalue weighted by atomic mass is 10.2. The van der Waals surface area contributed by atoms with Gasteiger partial charge < -0.3 is 19.2 Å². The molecule has 0 unspecified atom stereocenters. The van der Waals surface area contributed by atoms with Crippen molar-refractivity contribution in [3.05, 3.63) is 80.7 Å². The Bertz CT molecular complexity index is 893. The van der Waals surface area contributed by atoms with Crippen LogP contribution in [-0.2, 0) is 19.7 Å². The molecule has 1 heterocycles. The van der Waals surface area contributed by atoms with E-state index in [0.717, 1.165) is 11.3 Å². The summed E-state index contributed by atoms with van der Waals surface area (Å²) in [6, 6.07) is 12.7. The average molecular weight is 441 g/mol. The summed E-state index contributed by atoms with van der Waals surface area (Å²) < 4.78 is 17.0. The van der Waals surface area contributed by atoms with Gasteiger partial charge in [0.2, 0.25) is 0 Å². The molecule has 0 bridgehead atoms. The summed E-state index contributed by atoms with van der Waals surface area (Å²) in [5.74, 6) is 2.01. The zero-order valence-corrected chi connectivity index (χ0v) is 17.6. The molecule has 0 radical (unpaired) electrons. The first-order chi connectivity index (χ1) is 13.6. The molecular formula is C21H20Cl3NO3. The van der Waals surface area contributed by atoms with Gasteiger partial charge in [-0.3, -0.25) is 0 Å². The molecule has 0 spiro atoms.